The summed E-state index contributed by atoms with van der Waals surface area (Å²) in [4.78, 5) is 1.43. The second kappa shape index (κ2) is 11.6. The normalized spacial score (nSPS) is 30.1. The van der Waals surface area contributed by atoms with Gasteiger partial charge in [-0.05, 0) is 161 Å². The van der Waals surface area contributed by atoms with Crippen LogP contribution in [0.2, 0.25) is 0 Å². The molecule has 0 radical (unpaired) electrons. The molecule has 6 aromatic rings. The van der Waals surface area contributed by atoms with Crippen LogP contribution in [0.15, 0.2) is 127 Å². The number of hydrogen-bond acceptors (Lipinski definition) is 2. The van der Waals surface area contributed by atoms with E-state index in [0.29, 0.717) is 52.7 Å². The van der Waals surface area contributed by atoms with Crippen molar-refractivity contribution in [1.29, 1.82) is 0 Å². The monoisotopic (exact) mass is 719 g/mol. The molecule has 0 unspecified atom stereocenters. The number of hydrogen-bond donors (Lipinski definition) is 0. The summed E-state index contributed by atoms with van der Waals surface area (Å²) in [5.74, 6) is 3.30. The molecular formula is C52H51NO. The molecule has 4 saturated carbocycles. The average Bonchev–Trinajstić information content (AvgIpc) is 3.29. The molecular weight excluding hydrogens is 655 g/mol. The van der Waals surface area contributed by atoms with Gasteiger partial charge in [0.15, 0.2) is 0 Å². The van der Waals surface area contributed by atoms with Gasteiger partial charge in [-0.2, -0.15) is 0 Å². The van der Waals surface area contributed by atoms with Gasteiger partial charge in [0, 0.05) is 33.6 Å². The van der Waals surface area contributed by atoms with Gasteiger partial charge in [-0.15, -0.1) is 0 Å². The Morgan fingerprint density at radius 3 is 2.04 bits per heavy atom. The largest absolute Gasteiger partial charge is 0.457 e. The summed E-state index contributed by atoms with van der Waals surface area (Å²) in [6.45, 7) is 8.07. The van der Waals surface area contributed by atoms with Crippen LogP contribution in [0.25, 0.3) is 21.9 Å². The number of nitrogens with zero attached hydrogens (tertiary/aromatic N) is 1. The number of ether oxygens (including phenoxy) is 1. The van der Waals surface area contributed by atoms with Crippen molar-refractivity contribution < 1.29 is 23.9 Å². The minimum Gasteiger partial charge on any atom is -0.457 e. The first-order valence-electron chi connectivity index (χ1n) is 26.5. The standard InChI is InChI=1S/C52H51NO/c1-50(2)24-25-51(3,4)46-31-40(20-22-44(46)50)53(39-18-16-36(17-19-39)43-13-9-11-35-10-5-6-12-42(35)43)41-21-23-49-47(32-41)52(45-14-7-8-15-48(45)54-49)37-27-33-26-34(29-37)30-38(52)28-33/h5-23,31-34,37-38H,24-30H2,1-4H3/i5D,6D,9D,10D,11D,12D,13D,16D,17D,18D,19D,20D,22D,31D. The summed E-state index contributed by atoms with van der Waals surface area (Å²) < 4.78 is 137. The van der Waals surface area contributed by atoms with Crippen molar-refractivity contribution in [3.8, 4) is 22.6 Å². The SMILES string of the molecule is [2H]c1c([2H])c(N(c2ccc3c(c2)C2(c4ccccc4O3)C3CC4CC(C3)CC2C4)c2c([2H])c([2H])c3c(c2[2H])C(C)(C)CCC3(C)C)c([2H])c([2H])c1-c1c([2H])c([2H])c([2H])c2c([2H])c([2H])c([2H])c([2H])c12. The van der Waals surface area contributed by atoms with E-state index in [4.69, 9.17) is 14.3 Å². The molecule has 2 heteroatoms. The molecule has 4 bridgehead atoms. The molecule has 0 N–H and O–H groups in total. The Balaban J connectivity index is 1.24. The van der Waals surface area contributed by atoms with Gasteiger partial charge in [0.05, 0.1) is 19.2 Å². The Kier molecular flexibility index (Phi) is 4.58. The lowest BCUT2D eigenvalue weighted by Gasteiger charge is -2.63. The second-order valence-electron chi connectivity index (χ2n) is 17.8. The van der Waals surface area contributed by atoms with E-state index in [0.717, 1.165) is 49.0 Å². The van der Waals surface area contributed by atoms with Gasteiger partial charge in [0.1, 0.15) is 11.5 Å². The summed E-state index contributed by atoms with van der Waals surface area (Å²) in [5.41, 5.74) is 0.559. The maximum Gasteiger partial charge on any atom is 0.131 e. The average molecular weight is 720 g/mol. The predicted octanol–water partition coefficient (Wildman–Crippen LogP) is 14.2. The van der Waals surface area contributed by atoms with Crippen molar-refractivity contribution in [3.05, 3.63) is 149 Å². The fourth-order valence-corrected chi connectivity index (χ4v) is 11.3. The molecule has 6 aliphatic rings. The highest BCUT2D eigenvalue weighted by molar-refractivity contribution is 5.97. The molecule has 0 atom stereocenters. The summed E-state index contributed by atoms with van der Waals surface area (Å²) in [6, 6.07) is 5.97. The fourth-order valence-electron chi connectivity index (χ4n) is 11.3. The Hall–Kier alpha value is -4.82. The van der Waals surface area contributed by atoms with E-state index < -0.39 is 93.8 Å². The van der Waals surface area contributed by atoms with Crippen LogP contribution in [0.3, 0.4) is 0 Å². The van der Waals surface area contributed by atoms with Gasteiger partial charge in [0.25, 0.3) is 0 Å². The molecule has 270 valence electrons. The third-order valence-corrected chi connectivity index (χ3v) is 13.8. The second-order valence-corrected chi connectivity index (χ2v) is 17.8. The topological polar surface area (TPSA) is 12.5 Å². The van der Waals surface area contributed by atoms with Gasteiger partial charge in [-0.25, -0.2) is 0 Å². The Morgan fingerprint density at radius 2 is 1.26 bits per heavy atom. The van der Waals surface area contributed by atoms with Crippen molar-refractivity contribution in [2.45, 2.75) is 88.9 Å². The molecule has 2 nitrogen and oxygen atoms in total. The molecule has 6 aromatic carbocycles. The van der Waals surface area contributed by atoms with E-state index in [1.165, 1.54) is 11.3 Å². The highest BCUT2D eigenvalue weighted by Crippen LogP contribution is 2.69. The molecule has 54 heavy (non-hydrogen) atoms. The molecule has 5 aliphatic carbocycles. The first-order valence-corrected chi connectivity index (χ1v) is 19.5. The molecule has 1 aliphatic heterocycles. The smallest absolute Gasteiger partial charge is 0.131 e. The van der Waals surface area contributed by atoms with Crippen molar-refractivity contribution in [2.24, 2.45) is 23.7 Å². The quantitative estimate of drug-likeness (QED) is 0.180. The van der Waals surface area contributed by atoms with Crippen LogP contribution in [-0.2, 0) is 16.2 Å². The van der Waals surface area contributed by atoms with Crippen molar-refractivity contribution in [1.82, 2.24) is 0 Å². The van der Waals surface area contributed by atoms with E-state index >= 15 is 0 Å². The molecule has 0 aromatic heterocycles. The maximum absolute atomic E-state index is 10.2. The Labute approximate surface area is 340 Å². The zero-order valence-electron chi connectivity index (χ0n) is 45.2. The van der Waals surface area contributed by atoms with Crippen LogP contribution in [0.1, 0.15) is 114 Å². The van der Waals surface area contributed by atoms with Gasteiger partial charge in [-0.3, -0.25) is 0 Å². The summed E-state index contributed by atoms with van der Waals surface area (Å²) in [6.07, 6.45) is 6.87. The molecule has 1 spiro atoms. The van der Waals surface area contributed by atoms with Gasteiger partial charge in [0.2, 0.25) is 0 Å². The maximum atomic E-state index is 10.2. The van der Waals surface area contributed by atoms with Crippen LogP contribution >= 0.6 is 0 Å². The van der Waals surface area contributed by atoms with Crippen molar-refractivity contribution in [2.75, 3.05) is 4.90 Å². The number of fused-ring (bicyclic) bond motifs is 4. The van der Waals surface area contributed by atoms with Crippen molar-refractivity contribution >= 4 is 27.8 Å². The van der Waals surface area contributed by atoms with Crippen molar-refractivity contribution in [3.63, 3.8) is 0 Å². The number of para-hydroxylation sites is 1. The van der Waals surface area contributed by atoms with E-state index in [1.807, 2.05) is 58.0 Å². The van der Waals surface area contributed by atoms with Gasteiger partial charge >= 0.3 is 0 Å². The fraction of sp³-hybridized carbons (Fsp3) is 0.346. The molecule has 4 fully saturated rings. The Bertz CT molecular complexity index is 3190. The van der Waals surface area contributed by atoms with Crippen LogP contribution in [-0.4, -0.2) is 0 Å². The third-order valence-electron chi connectivity index (χ3n) is 13.8. The summed E-state index contributed by atoms with van der Waals surface area (Å²) in [7, 11) is 0. The van der Waals surface area contributed by atoms with Gasteiger partial charge in [-0.1, -0.05) is 106 Å². The highest BCUT2D eigenvalue weighted by Gasteiger charge is 2.61. The van der Waals surface area contributed by atoms with Crippen LogP contribution < -0.4 is 9.64 Å². The lowest BCUT2D eigenvalue weighted by molar-refractivity contribution is -0.0452. The molecule has 0 amide bonds. The van der Waals surface area contributed by atoms with E-state index in [1.54, 1.807) is 6.07 Å². The first kappa shape index (κ1) is 21.3. The molecule has 12 rings (SSSR count). The van der Waals surface area contributed by atoms with E-state index in [9.17, 15) is 9.60 Å². The minimum atomic E-state index is -0.711. The van der Waals surface area contributed by atoms with E-state index in [2.05, 4.69) is 6.07 Å². The molecule has 1 heterocycles. The van der Waals surface area contributed by atoms with Crippen LogP contribution in [0.4, 0.5) is 17.1 Å². The Morgan fingerprint density at radius 1 is 0.593 bits per heavy atom. The summed E-state index contributed by atoms with van der Waals surface area (Å²) in [5, 5.41) is -0.755. The molecule has 0 saturated heterocycles. The number of rotatable bonds is 4. The minimum absolute atomic E-state index is 0.0660. The number of benzene rings is 6. The number of anilines is 3. The summed E-state index contributed by atoms with van der Waals surface area (Å²) >= 11 is 0. The van der Waals surface area contributed by atoms with Crippen LogP contribution in [0, 0.1) is 23.7 Å². The third kappa shape index (κ3) is 4.71. The van der Waals surface area contributed by atoms with Gasteiger partial charge < -0.3 is 9.64 Å². The zero-order chi connectivity index (χ0) is 48.6. The first-order chi connectivity index (χ1) is 32.0. The van der Waals surface area contributed by atoms with Crippen LogP contribution in [0.5, 0.6) is 11.5 Å². The highest BCUT2D eigenvalue weighted by atomic mass is 16.5. The zero-order valence-corrected chi connectivity index (χ0v) is 31.2. The van der Waals surface area contributed by atoms with E-state index in [-0.39, 0.29) is 40.3 Å². The predicted molar refractivity (Wildman–Crippen MR) is 224 cm³/mol. The lowest BCUT2D eigenvalue weighted by atomic mass is 9.42. The lowest BCUT2D eigenvalue weighted by Crippen LogP contribution is -2.57.